The average molecular weight is 252 g/mol. The standard InChI is InChI=1S/C16H16N2O/c1-3-10-18-11-6-9-15(18)16(19)17-14-8-5-7-13(4-2)12-14/h2,5-9,11-12H,3,10H2,1H3,(H,17,19). The summed E-state index contributed by atoms with van der Waals surface area (Å²) in [6, 6.07) is 11.0. The molecule has 2 rings (SSSR count). The first-order chi connectivity index (χ1) is 9.24. The summed E-state index contributed by atoms with van der Waals surface area (Å²) >= 11 is 0. The highest BCUT2D eigenvalue weighted by molar-refractivity contribution is 6.03. The predicted molar refractivity (Wildman–Crippen MR) is 77.1 cm³/mol. The Morgan fingerprint density at radius 2 is 2.21 bits per heavy atom. The van der Waals surface area contributed by atoms with Gasteiger partial charge in [0.05, 0.1) is 0 Å². The smallest absolute Gasteiger partial charge is 0.272 e. The molecule has 0 radical (unpaired) electrons. The molecule has 0 atom stereocenters. The highest BCUT2D eigenvalue weighted by Gasteiger charge is 2.10. The topological polar surface area (TPSA) is 34.0 Å². The zero-order chi connectivity index (χ0) is 13.7. The van der Waals surface area contributed by atoms with E-state index in [1.807, 2.05) is 41.1 Å². The summed E-state index contributed by atoms with van der Waals surface area (Å²) in [4.78, 5) is 12.2. The predicted octanol–water partition coefficient (Wildman–Crippen LogP) is 3.13. The summed E-state index contributed by atoms with van der Waals surface area (Å²) in [5, 5.41) is 2.86. The first kappa shape index (κ1) is 13.0. The third-order valence-electron chi connectivity index (χ3n) is 2.81. The number of aromatic nitrogens is 1. The minimum absolute atomic E-state index is 0.118. The van der Waals surface area contributed by atoms with E-state index in [1.165, 1.54) is 0 Å². The van der Waals surface area contributed by atoms with E-state index in [9.17, 15) is 4.79 Å². The number of benzene rings is 1. The van der Waals surface area contributed by atoms with Crippen molar-refractivity contribution in [2.75, 3.05) is 5.32 Å². The molecule has 0 saturated carbocycles. The number of hydrogen-bond donors (Lipinski definition) is 1. The van der Waals surface area contributed by atoms with Crippen molar-refractivity contribution in [1.82, 2.24) is 4.57 Å². The van der Waals surface area contributed by atoms with Crippen molar-refractivity contribution in [2.24, 2.45) is 0 Å². The first-order valence-corrected chi connectivity index (χ1v) is 6.27. The van der Waals surface area contributed by atoms with Crippen LogP contribution >= 0.6 is 0 Å². The van der Waals surface area contributed by atoms with Gasteiger partial charge in [-0.2, -0.15) is 0 Å². The lowest BCUT2D eigenvalue weighted by molar-refractivity contribution is 0.101. The van der Waals surface area contributed by atoms with Crippen molar-refractivity contribution < 1.29 is 4.79 Å². The number of rotatable bonds is 4. The van der Waals surface area contributed by atoms with E-state index in [0.29, 0.717) is 11.4 Å². The number of carbonyl (C=O) groups is 1. The summed E-state index contributed by atoms with van der Waals surface area (Å²) in [5.74, 6) is 2.43. The number of nitrogens with one attached hydrogen (secondary N) is 1. The van der Waals surface area contributed by atoms with Crippen LogP contribution in [0.25, 0.3) is 0 Å². The minimum Gasteiger partial charge on any atom is -0.344 e. The van der Waals surface area contributed by atoms with E-state index in [0.717, 1.165) is 18.5 Å². The zero-order valence-corrected chi connectivity index (χ0v) is 10.9. The van der Waals surface area contributed by atoms with Gasteiger partial charge in [-0.15, -0.1) is 6.42 Å². The second kappa shape index (κ2) is 5.92. The number of terminal acetylenes is 1. The summed E-state index contributed by atoms with van der Waals surface area (Å²) in [5.41, 5.74) is 2.12. The van der Waals surface area contributed by atoms with Crippen molar-refractivity contribution in [3.8, 4) is 12.3 Å². The fourth-order valence-electron chi connectivity index (χ4n) is 1.94. The van der Waals surface area contributed by atoms with Crippen LogP contribution in [-0.2, 0) is 6.54 Å². The Morgan fingerprint density at radius 3 is 2.95 bits per heavy atom. The Hall–Kier alpha value is -2.47. The molecular weight excluding hydrogens is 236 g/mol. The maximum Gasteiger partial charge on any atom is 0.272 e. The summed E-state index contributed by atoms with van der Waals surface area (Å²) in [7, 11) is 0. The lowest BCUT2D eigenvalue weighted by atomic mass is 10.2. The van der Waals surface area contributed by atoms with Crippen LogP contribution in [-0.4, -0.2) is 10.5 Å². The van der Waals surface area contributed by atoms with Crippen molar-refractivity contribution in [3.05, 3.63) is 53.9 Å². The van der Waals surface area contributed by atoms with Gasteiger partial charge in [0.25, 0.3) is 5.91 Å². The Morgan fingerprint density at radius 1 is 1.37 bits per heavy atom. The lowest BCUT2D eigenvalue weighted by Gasteiger charge is -2.09. The molecule has 3 nitrogen and oxygen atoms in total. The molecule has 0 saturated heterocycles. The largest absolute Gasteiger partial charge is 0.344 e. The fraction of sp³-hybridized carbons (Fsp3) is 0.188. The van der Waals surface area contributed by atoms with Crippen LogP contribution in [0.3, 0.4) is 0 Å². The Balaban J connectivity index is 2.16. The fourth-order valence-corrected chi connectivity index (χ4v) is 1.94. The van der Waals surface area contributed by atoms with Gasteiger partial charge in [-0.25, -0.2) is 0 Å². The third kappa shape index (κ3) is 3.05. The van der Waals surface area contributed by atoms with E-state index < -0.39 is 0 Å². The van der Waals surface area contributed by atoms with Crippen molar-refractivity contribution >= 4 is 11.6 Å². The maximum atomic E-state index is 12.2. The molecule has 96 valence electrons. The van der Waals surface area contributed by atoms with Crippen LogP contribution in [0.2, 0.25) is 0 Å². The van der Waals surface area contributed by atoms with Gasteiger partial charge >= 0.3 is 0 Å². The van der Waals surface area contributed by atoms with Crippen molar-refractivity contribution in [3.63, 3.8) is 0 Å². The minimum atomic E-state index is -0.118. The third-order valence-corrected chi connectivity index (χ3v) is 2.81. The van der Waals surface area contributed by atoms with Gasteiger partial charge in [0.1, 0.15) is 5.69 Å². The van der Waals surface area contributed by atoms with Crippen molar-refractivity contribution in [1.29, 1.82) is 0 Å². The Bertz CT molecular complexity index is 620. The number of amides is 1. The molecule has 0 bridgehead atoms. The Kier molecular flexibility index (Phi) is 4.04. The number of hydrogen-bond acceptors (Lipinski definition) is 1. The molecule has 0 aliphatic heterocycles. The molecule has 1 aromatic carbocycles. The summed E-state index contributed by atoms with van der Waals surface area (Å²) in [6.45, 7) is 2.91. The van der Waals surface area contributed by atoms with Gasteiger partial charge in [0.2, 0.25) is 0 Å². The van der Waals surface area contributed by atoms with E-state index in [4.69, 9.17) is 6.42 Å². The monoisotopic (exact) mass is 252 g/mol. The second-order valence-electron chi connectivity index (χ2n) is 4.27. The second-order valence-corrected chi connectivity index (χ2v) is 4.27. The molecule has 2 aromatic rings. The van der Waals surface area contributed by atoms with Gasteiger partial charge in [-0.3, -0.25) is 4.79 Å². The molecule has 19 heavy (non-hydrogen) atoms. The quantitative estimate of drug-likeness (QED) is 0.833. The van der Waals surface area contributed by atoms with Crippen LogP contribution in [0.4, 0.5) is 5.69 Å². The van der Waals surface area contributed by atoms with E-state index >= 15 is 0 Å². The molecule has 1 heterocycles. The van der Waals surface area contributed by atoms with E-state index in [-0.39, 0.29) is 5.91 Å². The molecule has 0 aliphatic rings. The van der Waals surface area contributed by atoms with Crippen LogP contribution in [0.15, 0.2) is 42.6 Å². The molecule has 1 aromatic heterocycles. The molecular formula is C16H16N2O. The van der Waals surface area contributed by atoms with Crippen LogP contribution in [0.1, 0.15) is 29.4 Å². The van der Waals surface area contributed by atoms with Crippen LogP contribution in [0.5, 0.6) is 0 Å². The molecule has 0 aliphatic carbocycles. The molecule has 0 unspecified atom stereocenters. The number of anilines is 1. The summed E-state index contributed by atoms with van der Waals surface area (Å²) in [6.07, 6.45) is 8.24. The number of carbonyl (C=O) groups excluding carboxylic acids is 1. The van der Waals surface area contributed by atoms with E-state index in [2.05, 4.69) is 18.2 Å². The molecule has 3 heteroatoms. The van der Waals surface area contributed by atoms with Gasteiger partial charge in [-0.1, -0.05) is 18.9 Å². The lowest BCUT2D eigenvalue weighted by Crippen LogP contribution is -2.16. The molecule has 1 N–H and O–H groups in total. The Labute approximate surface area is 113 Å². The highest BCUT2D eigenvalue weighted by Crippen LogP contribution is 2.12. The first-order valence-electron chi connectivity index (χ1n) is 6.27. The summed E-state index contributed by atoms with van der Waals surface area (Å²) < 4.78 is 1.94. The maximum absolute atomic E-state index is 12.2. The van der Waals surface area contributed by atoms with E-state index in [1.54, 1.807) is 6.07 Å². The van der Waals surface area contributed by atoms with Crippen molar-refractivity contribution in [2.45, 2.75) is 19.9 Å². The van der Waals surface area contributed by atoms with Gasteiger partial charge < -0.3 is 9.88 Å². The number of nitrogens with zero attached hydrogens (tertiary/aromatic N) is 1. The van der Waals surface area contributed by atoms with Gasteiger partial charge in [-0.05, 0) is 36.8 Å². The highest BCUT2D eigenvalue weighted by atomic mass is 16.1. The van der Waals surface area contributed by atoms with Gasteiger partial charge in [0, 0.05) is 24.0 Å². The normalized spacial score (nSPS) is 9.89. The van der Waals surface area contributed by atoms with Crippen LogP contribution < -0.4 is 5.32 Å². The molecule has 0 fully saturated rings. The molecule has 0 spiro atoms. The average Bonchev–Trinajstić information content (AvgIpc) is 2.88. The zero-order valence-electron chi connectivity index (χ0n) is 10.9. The SMILES string of the molecule is C#Cc1cccc(NC(=O)c2cccn2CCC)c1. The van der Waals surface area contributed by atoms with Crippen LogP contribution in [0, 0.1) is 12.3 Å². The molecule has 1 amide bonds. The van der Waals surface area contributed by atoms with Gasteiger partial charge in [0.15, 0.2) is 0 Å². The number of aryl methyl sites for hydroxylation is 1.